The number of anilines is 1. The summed E-state index contributed by atoms with van der Waals surface area (Å²) >= 11 is 0. The number of amides is 1. The van der Waals surface area contributed by atoms with Crippen molar-refractivity contribution in [2.75, 3.05) is 25.4 Å². The van der Waals surface area contributed by atoms with Crippen molar-refractivity contribution in [3.8, 4) is 0 Å². The maximum atomic E-state index is 13.5. The molecule has 1 aromatic carbocycles. The van der Waals surface area contributed by atoms with Crippen LogP contribution in [-0.2, 0) is 4.74 Å². The summed E-state index contributed by atoms with van der Waals surface area (Å²) in [7, 11) is 0. The van der Waals surface area contributed by atoms with Crippen LogP contribution in [0.2, 0.25) is 0 Å². The lowest BCUT2D eigenvalue weighted by Gasteiger charge is -2.31. The first-order valence-electron chi connectivity index (χ1n) is 5.54. The summed E-state index contributed by atoms with van der Waals surface area (Å²) < 4.78 is 18.9. The van der Waals surface area contributed by atoms with Crippen molar-refractivity contribution in [3.63, 3.8) is 0 Å². The number of nitrogens with two attached hydrogens (primary N) is 1. The van der Waals surface area contributed by atoms with Gasteiger partial charge in [-0.15, -0.1) is 0 Å². The minimum Gasteiger partial charge on any atom is -0.399 e. The number of morpholine rings is 1. The Hall–Kier alpha value is -1.62. The van der Waals surface area contributed by atoms with Gasteiger partial charge < -0.3 is 15.4 Å². The maximum absolute atomic E-state index is 13.5. The van der Waals surface area contributed by atoms with E-state index in [4.69, 9.17) is 10.5 Å². The standard InChI is InChI=1S/C12H15FN2O2/c1-8-7-15(4-5-17-8)12(16)10-6-9(14)2-3-11(10)13/h2-3,6,8H,4-5,7,14H2,1H3. The van der Waals surface area contributed by atoms with Gasteiger partial charge in [0.25, 0.3) is 5.91 Å². The Bertz CT molecular complexity index is 437. The lowest BCUT2D eigenvalue weighted by Crippen LogP contribution is -2.44. The minimum absolute atomic E-state index is 0.0168. The van der Waals surface area contributed by atoms with E-state index in [0.29, 0.717) is 25.4 Å². The highest BCUT2D eigenvalue weighted by Crippen LogP contribution is 2.16. The molecule has 2 rings (SSSR count). The largest absolute Gasteiger partial charge is 0.399 e. The molecule has 0 bridgehead atoms. The number of nitrogen functional groups attached to an aromatic ring is 1. The first kappa shape index (κ1) is 11.9. The van der Waals surface area contributed by atoms with E-state index in [-0.39, 0.29) is 17.6 Å². The third-order valence-electron chi connectivity index (χ3n) is 2.75. The molecule has 1 atom stereocenters. The molecule has 1 saturated heterocycles. The average molecular weight is 238 g/mol. The molecule has 0 aliphatic carbocycles. The molecule has 4 nitrogen and oxygen atoms in total. The maximum Gasteiger partial charge on any atom is 0.257 e. The Morgan fingerprint density at radius 1 is 1.59 bits per heavy atom. The highest BCUT2D eigenvalue weighted by atomic mass is 19.1. The van der Waals surface area contributed by atoms with E-state index in [1.165, 1.54) is 18.2 Å². The van der Waals surface area contributed by atoms with Gasteiger partial charge >= 0.3 is 0 Å². The highest BCUT2D eigenvalue weighted by molar-refractivity contribution is 5.95. The molecule has 1 aliphatic rings. The van der Waals surface area contributed by atoms with Gasteiger partial charge in [0.2, 0.25) is 0 Å². The second kappa shape index (κ2) is 4.71. The third kappa shape index (κ3) is 2.55. The van der Waals surface area contributed by atoms with Crippen molar-refractivity contribution in [1.82, 2.24) is 4.90 Å². The van der Waals surface area contributed by atoms with Crippen molar-refractivity contribution in [1.29, 1.82) is 0 Å². The molecule has 0 saturated carbocycles. The van der Waals surface area contributed by atoms with Crippen LogP contribution >= 0.6 is 0 Å². The van der Waals surface area contributed by atoms with Crippen molar-refractivity contribution < 1.29 is 13.9 Å². The fourth-order valence-corrected chi connectivity index (χ4v) is 1.88. The van der Waals surface area contributed by atoms with Crippen LogP contribution in [0.5, 0.6) is 0 Å². The summed E-state index contributed by atoms with van der Waals surface area (Å²) in [6, 6.07) is 4.03. The molecular formula is C12H15FN2O2. The first-order valence-corrected chi connectivity index (χ1v) is 5.54. The van der Waals surface area contributed by atoms with Crippen LogP contribution in [-0.4, -0.2) is 36.6 Å². The predicted molar refractivity (Wildman–Crippen MR) is 62.1 cm³/mol. The van der Waals surface area contributed by atoms with E-state index in [2.05, 4.69) is 0 Å². The van der Waals surface area contributed by atoms with Gasteiger partial charge in [-0.2, -0.15) is 0 Å². The molecule has 1 amide bonds. The van der Waals surface area contributed by atoms with E-state index in [9.17, 15) is 9.18 Å². The van der Waals surface area contributed by atoms with Crippen LogP contribution in [0.15, 0.2) is 18.2 Å². The highest BCUT2D eigenvalue weighted by Gasteiger charge is 2.24. The fraction of sp³-hybridized carbons (Fsp3) is 0.417. The zero-order valence-corrected chi connectivity index (χ0v) is 9.65. The quantitative estimate of drug-likeness (QED) is 0.749. The Kier molecular flexibility index (Phi) is 3.28. The van der Waals surface area contributed by atoms with Crippen LogP contribution in [0.4, 0.5) is 10.1 Å². The molecule has 1 aliphatic heterocycles. The van der Waals surface area contributed by atoms with Crippen LogP contribution < -0.4 is 5.73 Å². The number of rotatable bonds is 1. The first-order chi connectivity index (χ1) is 8.08. The smallest absolute Gasteiger partial charge is 0.257 e. The molecule has 17 heavy (non-hydrogen) atoms. The molecule has 1 fully saturated rings. The number of hydrogen-bond donors (Lipinski definition) is 1. The molecule has 0 spiro atoms. The number of ether oxygens (including phenoxy) is 1. The second-order valence-corrected chi connectivity index (χ2v) is 4.17. The number of hydrogen-bond acceptors (Lipinski definition) is 3. The number of benzene rings is 1. The molecule has 5 heteroatoms. The summed E-state index contributed by atoms with van der Waals surface area (Å²) in [5.41, 5.74) is 5.97. The van der Waals surface area contributed by atoms with Crippen molar-refractivity contribution in [2.45, 2.75) is 13.0 Å². The third-order valence-corrected chi connectivity index (χ3v) is 2.75. The van der Waals surface area contributed by atoms with Gasteiger partial charge in [0.15, 0.2) is 0 Å². The van der Waals surface area contributed by atoms with Gasteiger partial charge in [-0.05, 0) is 25.1 Å². The summed E-state index contributed by atoms with van der Waals surface area (Å²) in [5, 5.41) is 0. The van der Waals surface area contributed by atoms with Gasteiger partial charge in [-0.25, -0.2) is 4.39 Å². The minimum atomic E-state index is -0.539. The summed E-state index contributed by atoms with van der Waals surface area (Å²) in [4.78, 5) is 13.7. The average Bonchev–Trinajstić information content (AvgIpc) is 2.31. The van der Waals surface area contributed by atoms with E-state index in [1.54, 1.807) is 4.90 Å². The van der Waals surface area contributed by atoms with Crippen LogP contribution in [0.25, 0.3) is 0 Å². The van der Waals surface area contributed by atoms with Crippen molar-refractivity contribution in [2.24, 2.45) is 0 Å². The Balaban J connectivity index is 2.21. The SMILES string of the molecule is CC1CN(C(=O)c2cc(N)ccc2F)CCO1. The van der Waals surface area contributed by atoms with E-state index in [0.717, 1.165) is 0 Å². The van der Waals surface area contributed by atoms with Gasteiger partial charge in [0.05, 0.1) is 18.3 Å². The molecule has 92 valence electrons. The fourth-order valence-electron chi connectivity index (χ4n) is 1.88. The Labute approximate surface area is 99.2 Å². The zero-order chi connectivity index (χ0) is 12.4. The van der Waals surface area contributed by atoms with Crippen LogP contribution in [0.1, 0.15) is 17.3 Å². The summed E-state index contributed by atoms with van der Waals surface area (Å²) in [6.45, 7) is 3.33. The number of carbonyl (C=O) groups excluding carboxylic acids is 1. The number of carbonyl (C=O) groups is 1. The molecule has 0 radical (unpaired) electrons. The van der Waals surface area contributed by atoms with E-state index >= 15 is 0 Å². The number of halogens is 1. The Morgan fingerprint density at radius 3 is 3.06 bits per heavy atom. The second-order valence-electron chi connectivity index (χ2n) is 4.17. The van der Waals surface area contributed by atoms with Crippen LogP contribution in [0.3, 0.4) is 0 Å². The molecule has 1 heterocycles. The molecule has 2 N–H and O–H groups in total. The summed E-state index contributed by atoms with van der Waals surface area (Å²) in [5.74, 6) is -0.867. The monoisotopic (exact) mass is 238 g/mol. The van der Waals surface area contributed by atoms with Crippen molar-refractivity contribution in [3.05, 3.63) is 29.6 Å². The molecular weight excluding hydrogens is 223 g/mol. The number of nitrogens with zero attached hydrogens (tertiary/aromatic N) is 1. The lowest BCUT2D eigenvalue weighted by molar-refractivity contribution is -0.0125. The normalized spacial score (nSPS) is 20.4. The van der Waals surface area contributed by atoms with Gasteiger partial charge in [-0.1, -0.05) is 0 Å². The predicted octanol–water partition coefficient (Wildman–Crippen LogP) is 1.27. The Morgan fingerprint density at radius 2 is 2.35 bits per heavy atom. The molecule has 0 aromatic heterocycles. The zero-order valence-electron chi connectivity index (χ0n) is 9.65. The topological polar surface area (TPSA) is 55.6 Å². The van der Waals surface area contributed by atoms with Gasteiger partial charge in [0.1, 0.15) is 5.82 Å². The molecule has 1 aromatic rings. The van der Waals surface area contributed by atoms with Gasteiger partial charge in [0, 0.05) is 18.8 Å². The molecule has 1 unspecified atom stereocenters. The lowest BCUT2D eigenvalue weighted by atomic mass is 10.1. The van der Waals surface area contributed by atoms with Crippen molar-refractivity contribution >= 4 is 11.6 Å². The summed E-state index contributed by atoms with van der Waals surface area (Å²) in [6.07, 6.45) is -0.0168. The van der Waals surface area contributed by atoms with Crippen LogP contribution in [0, 0.1) is 5.82 Å². The van der Waals surface area contributed by atoms with E-state index < -0.39 is 5.82 Å². The van der Waals surface area contributed by atoms with E-state index in [1.807, 2.05) is 6.92 Å². The van der Waals surface area contributed by atoms with Gasteiger partial charge in [-0.3, -0.25) is 4.79 Å².